The maximum absolute atomic E-state index is 2.12. The van der Waals surface area contributed by atoms with E-state index in [0.29, 0.717) is 0 Å². The number of hydrogen-bond acceptors (Lipinski definition) is 2. The Balaban J connectivity index is 0.000000810. The van der Waals surface area contributed by atoms with Gasteiger partial charge >= 0.3 is 0 Å². The molecule has 1 aliphatic heterocycles. The molecular weight excluding hydrogens is 239 g/mol. The van der Waals surface area contributed by atoms with Crippen LogP contribution in [0.5, 0.6) is 0 Å². The summed E-state index contributed by atoms with van der Waals surface area (Å²) in [7, 11) is 2.06. The highest BCUT2D eigenvalue weighted by Gasteiger charge is 2.02. The molecule has 0 fully saturated rings. The van der Waals surface area contributed by atoms with Crippen LogP contribution >= 0.6 is 24.0 Å². The average Bonchev–Trinajstić information content (AvgIpc) is 2.17. The van der Waals surface area contributed by atoms with Crippen LogP contribution in [-0.2, 0) is 0 Å². The topological polar surface area (TPSA) is 6.48 Å². The predicted molar refractivity (Wildman–Crippen MR) is 53.8 cm³/mol. The standard InChI is InChI=1S/C7H12N2.HI/c1-3-4-9-6-5-8(2)7-9;/h3-6H,7H2,1-2H3;1H. The van der Waals surface area contributed by atoms with Gasteiger partial charge in [-0.05, 0) is 6.92 Å². The SMILES string of the molecule is CC=CN1C=CN(C)C1.I. The normalized spacial score (nSPS) is 16.6. The summed E-state index contributed by atoms with van der Waals surface area (Å²) in [6.07, 6.45) is 8.20. The van der Waals surface area contributed by atoms with Crippen LogP contribution < -0.4 is 0 Å². The van der Waals surface area contributed by atoms with Gasteiger partial charge in [0.2, 0.25) is 0 Å². The van der Waals surface area contributed by atoms with Gasteiger partial charge in [-0.3, -0.25) is 0 Å². The molecule has 0 spiro atoms. The van der Waals surface area contributed by atoms with Crippen LogP contribution in [0, 0.1) is 0 Å². The van der Waals surface area contributed by atoms with Crippen molar-refractivity contribution in [2.75, 3.05) is 13.7 Å². The second kappa shape index (κ2) is 4.60. The highest BCUT2D eigenvalue weighted by Crippen LogP contribution is 2.02. The molecule has 0 unspecified atom stereocenters. The first-order valence-corrected chi connectivity index (χ1v) is 3.10. The number of halogens is 1. The van der Waals surface area contributed by atoms with Crippen LogP contribution in [0.15, 0.2) is 24.7 Å². The second-order valence-electron chi connectivity index (χ2n) is 2.19. The van der Waals surface area contributed by atoms with Crippen molar-refractivity contribution in [1.82, 2.24) is 9.80 Å². The van der Waals surface area contributed by atoms with E-state index in [1.165, 1.54) is 0 Å². The summed E-state index contributed by atoms with van der Waals surface area (Å²) in [4.78, 5) is 4.25. The molecule has 0 radical (unpaired) electrons. The summed E-state index contributed by atoms with van der Waals surface area (Å²) in [6.45, 7) is 3.00. The lowest BCUT2D eigenvalue weighted by Gasteiger charge is -2.12. The average molecular weight is 252 g/mol. The van der Waals surface area contributed by atoms with Gasteiger partial charge in [-0.2, -0.15) is 0 Å². The van der Waals surface area contributed by atoms with Gasteiger partial charge in [-0.15, -0.1) is 24.0 Å². The summed E-state index contributed by atoms with van der Waals surface area (Å²) in [6, 6.07) is 0. The van der Waals surface area contributed by atoms with Gasteiger partial charge in [0.15, 0.2) is 0 Å². The monoisotopic (exact) mass is 252 g/mol. The molecule has 0 aliphatic carbocycles. The fourth-order valence-electron chi connectivity index (χ4n) is 0.840. The molecule has 1 heterocycles. The molecule has 0 bridgehead atoms. The van der Waals surface area contributed by atoms with Crippen molar-refractivity contribution < 1.29 is 0 Å². The fourth-order valence-corrected chi connectivity index (χ4v) is 0.840. The lowest BCUT2D eigenvalue weighted by Crippen LogP contribution is -2.17. The molecule has 3 heteroatoms. The summed E-state index contributed by atoms with van der Waals surface area (Å²) in [5, 5.41) is 0. The minimum Gasteiger partial charge on any atom is -0.361 e. The molecule has 0 aromatic heterocycles. The molecule has 0 amide bonds. The Hall–Kier alpha value is -0.190. The van der Waals surface area contributed by atoms with E-state index in [1.807, 2.05) is 13.0 Å². The zero-order valence-corrected chi connectivity index (χ0v) is 8.65. The Morgan fingerprint density at radius 3 is 2.50 bits per heavy atom. The van der Waals surface area contributed by atoms with E-state index in [4.69, 9.17) is 0 Å². The highest BCUT2D eigenvalue weighted by molar-refractivity contribution is 14.0. The van der Waals surface area contributed by atoms with Crippen molar-refractivity contribution in [2.24, 2.45) is 0 Å². The van der Waals surface area contributed by atoms with Crippen LogP contribution in [0.1, 0.15) is 6.92 Å². The van der Waals surface area contributed by atoms with Gasteiger partial charge in [0, 0.05) is 25.6 Å². The van der Waals surface area contributed by atoms with Gasteiger partial charge < -0.3 is 9.80 Å². The van der Waals surface area contributed by atoms with Crippen LogP contribution in [0.2, 0.25) is 0 Å². The van der Waals surface area contributed by atoms with Crippen molar-refractivity contribution in [2.45, 2.75) is 6.92 Å². The minimum absolute atomic E-state index is 0. The van der Waals surface area contributed by atoms with E-state index in [-0.39, 0.29) is 24.0 Å². The smallest absolute Gasteiger partial charge is 0.0932 e. The third-order valence-electron chi connectivity index (χ3n) is 1.24. The van der Waals surface area contributed by atoms with Crippen LogP contribution in [-0.4, -0.2) is 23.5 Å². The highest BCUT2D eigenvalue weighted by atomic mass is 127. The number of allylic oxidation sites excluding steroid dienone is 1. The maximum atomic E-state index is 2.12. The molecule has 0 saturated heterocycles. The molecule has 0 saturated carbocycles. The third kappa shape index (κ3) is 2.60. The Morgan fingerprint density at radius 1 is 1.40 bits per heavy atom. The largest absolute Gasteiger partial charge is 0.361 e. The van der Waals surface area contributed by atoms with Crippen LogP contribution in [0.25, 0.3) is 0 Å². The van der Waals surface area contributed by atoms with Crippen LogP contribution in [0.4, 0.5) is 0 Å². The fraction of sp³-hybridized carbons (Fsp3) is 0.429. The Labute approximate surface area is 79.2 Å². The van der Waals surface area contributed by atoms with E-state index in [1.54, 1.807) is 0 Å². The van der Waals surface area contributed by atoms with Gasteiger partial charge in [0.1, 0.15) is 0 Å². The lowest BCUT2D eigenvalue weighted by molar-refractivity contribution is 0.364. The van der Waals surface area contributed by atoms with Crippen molar-refractivity contribution in [3.8, 4) is 0 Å². The zero-order chi connectivity index (χ0) is 6.69. The molecule has 0 atom stereocenters. The molecular formula is C7H13IN2. The Morgan fingerprint density at radius 2 is 2.10 bits per heavy atom. The number of rotatable bonds is 1. The van der Waals surface area contributed by atoms with Crippen LogP contribution in [0.3, 0.4) is 0 Å². The minimum atomic E-state index is 0. The number of hydrogen-bond donors (Lipinski definition) is 0. The molecule has 2 nitrogen and oxygen atoms in total. The first kappa shape index (κ1) is 9.81. The molecule has 0 aromatic rings. The quantitative estimate of drug-likeness (QED) is 0.657. The van der Waals surface area contributed by atoms with E-state index >= 15 is 0 Å². The molecule has 0 N–H and O–H groups in total. The van der Waals surface area contributed by atoms with Crippen molar-refractivity contribution in [3.63, 3.8) is 0 Å². The third-order valence-corrected chi connectivity index (χ3v) is 1.24. The van der Waals surface area contributed by atoms with Crippen molar-refractivity contribution in [1.29, 1.82) is 0 Å². The van der Waals surface area contributed by atoms with E-state index in [9.17, 15) is 0 Å². The van der Waals surface area contributed by atoms with E-state index < -0.39 is 0 Å². The Bertz CT molecular complexity index is 143. The molecule has 10 heavy (non-hydrogen) atoms. The Kier molecular flexibility index (Phi) is 4.51. The summed E-state index contributed by atoms with van der Waals surface area (Å²) >= 11 is 0. The second-order valence-corrected chi connectivity index (χ2v) is 2.19. The zero-order valence-electron chi connectivity index (χ0n) is 6.32. The van der Waals surface area contributed by atoms with Gasteiger partial charge in [0.25, 0.3) is 0 Å². The van der Waals surface area contributed by atoms with Gasteiger partial charge in [-0.1, -0.05) is 6.08 Å². The summed E-state index contributed by atoms with van der Waals surface area (Å²) < 4.78 is 0. The lowest BCUT2D eigenvalue weighted by atomic mass is 10.6. The summed E-state index contributed by atoms with van der Waals surface area (Å²) in [5.74, 6) is 0. The number of nitrogens with zero attached hydrogens (tertiary/aromatic N) is 2. The van der Waals surface area contributed by atoms with Crippen molar-refractivity contribution >= 4 is 24.0 Å². The molecule has 0 aromatic carbocycles. The molecule has 1 aliphatic rings. The van der Waals surface area contributed by atoms with E-state index in [0.717, 1.165) is 6.67 Å². The van der Waals surface area contributed by atoms with Crippen molar-refractivity contribution in [3.05, 3.63) is 24.7 Å². The maximum Gasteiger partial charge on any atom is 0.0932 e. The summed E-state index contributed by atoms with van der Waals surface area (Å²) in [5.41, 5.74) is 0. The first-order chi connectivity index (χ1) is 4.33. The predicted octanol–water partition coefficient (Wildman–Crippen LogP) is 1.81. The van der Waals surface area contributed by atoms with Gasteiger partial charge in [0.05, 0.1) is 6.67 Å². The molecule has 58 valence electrons. The van der Waals surface area contributed by atoms with Gasteiger partial charge in [-0.25, -0.2) is 0 Å². The molecule has 1 rings (SSSR count). The van der Waals surface area contributed by atoms with E-state index in [2.05, 4.69) is 35.4 Å². The first-order valence-electron chi connectivity index (χ1n) is 3.10.